The van der Waals surface area contributed by atoms with Crippen molar-refractivity contribution in [3.05, 3.63) is 39.3 Å². The Morgan fingerprint density at radius 1 is 1.33 bits per heavy atom. The van der Waals surface area contributed by atoms with E-state index in [9.17, 15) is 4.79 Å². The first-order chi connectivity index (χ1) is 11.4. The van der Waals surface area contributed by atoms with Crippen LogP contribution in [0.4, 0.5) is 0 Å². The second kappa shape index (κ2) is 6.94. The molecular weight excluding hydrogens is 340 g/mol. The second-order valence-corrected chi connectivity index (χ2v) is 8.19. The lowest BCUT2D eigenvalue weighted by Gasteiger charge is -2.12. The van der Waals surface area contributed by atoms with E-state index in [0.717, 1.165) is 31.8 Å². The van der Waals surface area contributed by atoms with E-state index in [1.807, 2.05) is 39.8 Å². The Hall–Kier alpha value is -1.86. The highest BCUT2D eigenvalue weighted by atomic mass is 32.2. The summed E-state index contributed by atoms with van der Waals surface area (Å²) in [6.45, 7) is 8.03. The number of fused-ring (bicyclic) bond motifs is 1. The van der Waals surface area contributed by atoms with Crippen LogP contribution in [0.3, 0.4) is 0 Å². The van der Waals surface area contributed by atoms with Gasteiger partial charge in [0.2, 0.25) is 5.91 Å². The lowest BCUT2D eigenvalue weighted by Crippen LogP contribution is -2.28. The highest BCUT2D eigenvalue weighted by molar-refractivity contribution is 7.99. The second-order valence-electron chi connectivity index (χ2n) is 5.81. The quantitative estimate of drug-likeness (QED) is 0.677. The van der Waals surface area contributed by atoms with Gasteiger partial charge in [-0.25, -0.2) is 9.97 Å². The summed E-state index contributed by atoms with van der Waals surface area (Å²) in [5.74, 6) is 0.305. The van der Waals surface area contributed by atoms with Gasteiger partial charge in [-0.15, -0.1) is 11.3 Å². The molecule has 2 N–H and O–H groups in total. The summed E-state index contributed by atoms with van der Waals surface area (Å²) in [6, 6.07) is 5.99. The number of aryl methyl sites for hydroxylation is 3. The zero-order valence-electron chi connectivity index (χ0n) is 14.1. The molecule has 3 aromatic rings. The van der Waals surface area contributed by atoms with Gasteiger partial charge in [-0.2, -0.15) is 0 Å². The predicted molar refractivity (Wildman–Crippen MR) is 99.7 cm³/mol. The van der Waals surface area contributed by atoms with Crippen molar-refractivity contribution in [2.24, 2.45) is 0 Å². The van der Waals surface area contributed by atoms with Crippen molar-refractivity contribution in [1.29, 1.82) is 0 Å². The molecule has 0 spiro atoms. The van der Waals surface area contributed by atoms with Gasteiger partial charge in [0, 0.05) is 4.88 Å². The Balaban J connectivity index is 1.59. The van der Waals surface area contributed by atoms with E-state index >= 15 is 0 Å². The molecule has 0 fully saturated rings. The molecule has 0 bridgehead atoms. The molecule has 0 radical (unpaired) electrons. The topological polar surface area (TPSA) is 70.7 Å². The monoisotopic (exact) mass is 360 g/mol. The number of aromatic amines is 1. The number of thiazole rings is 1. The number of carbonyl (C=O) groups is 1. The zero-order chi connectivity index (χ0) is 17.3. The van der Waals surface area contributed by atoms with Crippen molar-refractivity contribution in [3.8, 4) is 0 Å². The molecule has 3 rings (SSSR count). The Morgan fingerprint density at radius 3 is 2.83 bits per heavy atom. The zero-order valence-corrected chi connectivity index (χ0v) is 15.8. The minimum absolute atomic E-state index is 0.0193. The number of imidazole rings is 1. The van der Waals surface area contributed by atoms with Crippen molar-refractivity contribution >= 4 is 40.0 Å². The molecule has 0 saturated heterocycles. The molecule has 24 heavy (non-hydrogen) atoms. The first kappa shape index (κ1) is 17.0. The molecule has 0 aliphatic carbocycles. The predicted octanol–water partition coefficient (Wildman–Crippen LogP) is 3.91. The van der Waals surface area contributed by atoms with Gasteiger partial charge in [0.1, 0.15) is 0 Å². The Morgan fingerprint density at radius 2 is 2.12 bits per heavy atom. The fourth-order valence-electron chi connectivity index (χ4n) is 2.60. The molecule has 7 heteroatoms. The van der Waals surface area contributed by atoms with Gasteiger partial charge in [-0.1, -0.05) is 17.8 Å². The Bertz CT molecular complexity index is 884. The van der Waals surface area contributed by atoms with Crippen molar-refractivity contribution < 1.29 is 4.79 Å². The van der Waals surface area contributed by atoms with Crippen LogP contribution in [0.2, 0.25) is 0 Å². The van der Waals surface area contributed by atoms with Crippen LogP contribution in [-0.4, -0.2) is 26.6 Å². The Labute approximate surface area is 149 Å². The van der Waals surface area contributed by atoms with Gasteiger partial charge in [-0.3, -0.25) is 4.79 Å². The minimum atomic E-state index is -0.0821. The van der Waals surface area contributed by atoms with E-state index in [0.29, 0.717) is 5.75 Å². The third kappa shape index (κ3) is 3.79. The standard InChI is InChI=1S/C17H20N4OS2/c1-9-5-6-13-14(7-9)21-17(20-13)23-8-15(22)18-10(2)16-11(3)24-12(4)19-16/h5-7,10H,8H2,1-4H3,(H,18,22)(H,20,21)/t10-/m0/s1. The van der Waals surface area contributed by atoms with Crippen LogP contribution in [0, 0.1) is 20.8 Å². The van der Waals surface area contributed by atoms with E-state index in [1.165, 1.54) is 17.3 Å². The summed E-state index contributed by atoms with van der Waals surface area (Å²) in [7, 11) is 0. The van der Waals surface area contributed by atoms with Gasteiger partial charge >= 0.3 is 0 Å². The van der Waals surface area contributed by atoms with E-state index in [2.05, 4.69) is 26.3 Å². The number of aromatic nitrogens is 3. The maximum Gasteiger partial charge on any atom is 0.231 e. The molecule has 0 aliphatic heterocycles. The summed E-state index contributed by atoms with van der Waals surface area (Å²) in [5, 5.41) is 4.79. The SMILES string of the molecule is Cc1ccc2nc(SCC(=O)N[C@@H](C)c3nc(C)sc3C)[nH]c2c1. The summed E-state index contributed by atoms with van der Waals surface area (Å²) in [5.41, 5.74) is 4.06. The van der Waals surface area contributed by atoms with Crippen LogP contribution in [0.15, 0.2) is 23.4 Å². The highest BCUT2D eigenvalue weighted by Crippen LogP contribution is 2.23. The minimum Gasteiger partial charge on any atom is -0.347 e. The Kier molecular flexibility index (Phi) is 4.91. The number of amides is 1. The molecule has 0 unspecified atom stereocenters. The number of hydrogen-bond acceptors (Lipinski definition) is 5. The molecule has 2 heterocycles. The molecule has 5 nitrogen and oxygen atoms in total. The van der Waals surface area contributed by atoms with E-state index in [-0.39, 0.29) is 11.9 Å². The largest absolute Gasteiger partial charge is 0.347 e. The van der Waals surface area contributed by atoms with Crippen LogP contribution in [0.5, 0.6) is 0 Å². The molecular formula is C17H20N4OS2. The van der Waals surface area contributed by atoms with Crippen LogP contribution in [-0.2, 0) is 4.79 Å². The van der Waals surface area contributed by atoms with Crippen molar-refractivity contribution in [2.75, 3.05) is 5.75 Å². The first-order valence-electron chi connectivity index (χ1n) is 7.75. The number of nitrogens with one attached hydrogen (secondary N) is 2. The maximum absolute atomic E-state index is 12.2. The van der Waals surface area contributed by atoms with Crippen LogP contribution in [0.1, 0.15) is 34.1 Å². The number of hydrogen-bond donors (Lipinski definition) is 2. The fraction of sp³-hybridized carbons (Fsp3) is 0.353. The summed E-state index contributed by atoms with van der Waals surface area (Å²) in [4.78, 5) is 25.6. The highest BCUT2D eigenvalue weighted by Gasteiger charge is 2.16. The van der Waals surface area contributed by atoms with E-state index in [1.54, 1.807) is 11.3 Å². The number of benzene rings is 1. The normalized spacial score (nSPS) is 12.5. The summed E-state index contributed by atoms with van der Waals surface area (Å²) in [6.07, 6.45) is 0. The van der Waals surface area contributed by atoms with Gasteiger partial charge in [-0.05, 0) is 45.4 Å². The molecule has 126 valence electrons. The van der Waals surface area contributed by atoms with Crippen LogP contribution in [0.25, 0.3) is 11.0 Å². The lowest BCUT2D eigenvalue weighted by molar-refractivity contribution is -0.119. The average molecular weight is 361 g/mol. The number of nitrogens with zero attached hydrogens (tertiary/aromatic N) is 2. The van der Waals surface area contributed by atoms with Gasteiger partial charge in [0.25, 0.3) is 0 Å². The number of H-pyrrole nitrogens is 1. The fourth-order valence-corrected chi connectivity index (χ4v) is 4.21. The number of thioether (sulfide) groups is 1. The molecule has 1 amide bonds. The van der Waals surface area contributed by atoms with Crippen LogP contribution < -0.4 is 5.32 Å². The number of rotatable bonds is 5. The maximum atomic E-state index is 12.2. The van der Waals surface area contributed by atoms with Gasteiger partial charge < -0.3 is 10.3 Å². The summed E-state index contributed by atoms with van der Waals surface area (Å²) >= 11 is 3.07. The van der Waals surface area contributed by atoms with E-state index < -0.39 is 0 Å². The van der Waals surface area contributed by atoms with Crippen LogP contribution >= 0.6 is 23.1 Å². The van der Waals surface area contributed by atoms with Crippen molar-refractivity contribution in [3.63, 3.8) is 0 Å². The van der Waals surface area contributed by atoms with E-state index in [4.69, 9.17) is 0 Å². The molecule has 1 atom stereocenters. The molecule has 1 aromatic carbocycles. The molecule has 0 saturated carbocycles. The molecule has 2 aromatic heterocycles. The smallest absolute Gasteiger partial charge is 0.231 e. The first-order valence-corrected chi connectivity index (χ1v) is 9.55. The number of carbonyl (C=O) groups excluding carboxylic acids is 1. The lowest BCUT2D eigenvalue weighted by atomic mass is 10.2. The third-order valence-electron chi connectivity index (χ3n) is 3.68. The average Bonchev–Trinajstić information content (AvgIpc) is 3.07. The van der Waals surface area contributed by atoms with Gasteiger partial charge in [0.15, 0.2) is 5.16 Å². The van der Waals surface area contributed by atoms with Gasteiger partial charge in [0.05, 0.1) is 33.5 Å². The third-order valence-corrected chi connectivity index (χ3v) is 5.46. The van der Waals surface area contributed by atoms with Crippen molar-refractivity contribution in [2.45, 2.75) is 38.9 Å². The molecule has 0 aliphatic rings. The van der Waals surface area contributed by atoms with Crippen molar-refractivity contribution in [1.82, 2.24) is 20.3 Å². The summed E-state index contributed by atoms with van der Waals surface area (Å²) < 4.78 is 0.